The van der Waals surface area contributed by atoms with Crippen LogP contribution >= 0.6 is 15.9 Å². The van der Waals surface area contributed by atoms with Crippen molar-refractivity contribution in [1.82, 2.24) is 15.5 Å². The number of amides is 2. The highest BCUT2D eigenvalue weighted by Gasteiger charge is 2.19. The van der Waals surface area contributed by atoms with Gasteiger partial charge in [-0.15, -0.1) is 0 Å². The minimum absolute atomic E-state index is 0.0162. The highest BCUT2D eigenvalue weighted by atomic mass is 79.9. The highest BCUT2D eigenvalue weighted by Crippen LogP contribution is 2.27. The maximum Gasteiger partial charge on any atom is 0.251 e. The number of halogens is 1. The van der Waals surface area contributed by atoms with Gasteiger partial charge in [0.1, 0.15) is 5.75 Å². The lowest BCUT2D eigenvalue weighted by molar-refractivity contribution is -0.121. The molecule has 2 aromatic rings. The van der Waals surface area contributed by atoms with Gasteiger partial charge in [0.15, 0.2) is 0 Å². The van der Waals surface area contributed by atoms with Gasteiger partial charge in [0, 0.05) is 35.1 Å². The summed E-state index contributed by atoms with van der Waals surface area (Å²) in [6, 6.07) is 14.8. The molecule has 0 aliphatic carbocycles. The first-order valence-corrected chi connectivity index (χ1v) is 9.81. The molecule has 0 aliphatic rings. The van der Waals surface area contributed by atoms with Crippen LogP contribution in [0.5, 0.6) is 5.75 Å². The molecule has 6 nitrogen and oxygen atoms in total. The van der Waals surface area contributed by atoms with Gasteiger partial charge in [-0.2, -0.15) is 0 Å². The lowest BCUT2D eigenvalue weighted by Crippen LogP contribution is -2.36. The number of para-hydroxylation sites is 1. The first-order chi connectivity index (χ1) is 13.4. The van der Waals surface area contributed by atoms with Crippen LogP contribution in [0.15, 0.2) is 53.0 Å². The average Bonchev–Trinajstić information content (AvgIpc) is 2.68. The van der Waals surface area contributed by atoms with E-state index >= 15 is 0 Å². The quantitative estimate of drug-likeness (QED) is 0.619. The summed E-state index contributed by atoms with van der Waals surface area (Å²) < 4.78 is 6.35. The number of likely N-dealkylation sites (N-methyl/N-ethyl adjacent to an activating group) is 1. The van der Waals surface area contributed by atoms with Gasteiger partial charge >= 0.3 is 0 Å². The molecule has 2 aromatic carbocycles. The van der Waals surface area contributed by atoms with Crippen molar-refractivity contribution in [2.45, 2.75) is 12.5 Å². The topological polar surface area (TPSA) is 70.7 Å². The van der Waals surface area contributed by atoms with E-state index in [0.717, 1.165) is 15.8 Å². The van der Waals surface area contributed by atoms with Crippen LogP contribution in [0.25, 0.3) is 0 Å². The Bertz CT molecular complexity index is 794. The predicted molar refractivity (Wildman–Crippen MR) is 114 cm³/mol. The normalized spacial score (nSPS) is 11.8. The van der Waals surface area contributed by atoms with E-state index in [-0.39, 0.29) is 30.8 Å². The van der Waals surface area contributed by atoms with Crippen LogP contribution < -0.4 is 15.4 Å². The Labute approximate surface area is 174 Å². The minimum atomic E-state index is -0.194. The molecule has 2 rings (SSSR count). The molecule has 150 valence electrons. The number of nitrogens with one attached hydrogen (secondary N) is 2. The number of carbonyl (C=O) groups is 2. The lowest BCUT2D eigenvalue weighted by Gasteiger charge is -2.26. The minimum Gasteiger partial charge on any atom is -0.496 e. The van der Waals surface area contributed by atoms with E-state index in [0.29, 0.717) is 12.1 Å². The average molecular weight is 448 g/mol. The molecule has 2 N–H and O–H groups in total. The number of nitrogens with zero attached hydrogens (tertiary/aromatic N) is 1. The Balaban J connectivity index is 1.83. The summed E-state index contributed by atoms with van der Waals surface area (Å²) in [5.41, 5.74) is 1.58. The fraction of sp³-hybridized carbons (Fsp3) is 0.333. The third-order valence-corrected chi connectivity index (χ3v) is 4.89. The summed E-state index contributed by atoms with van der Waals surface area (Å²) in [6.45, 7) is 0.731. The molecule has 0 bridgehead atoms. The lowest BCUT2D eigenvalue weighted by atomic mass is 10.0. The van der Waals surface area contributed by atoms with Gasteiger partial charge in [-0.25, -0.2) is 0 Å². The molecule has 1 unspecified atom stereocenters. The molecule has 1 atom stereocenters. The summed E-state index contributed by atoms with van der Waals surface area (Å²) in [5, 5.41) is 5.71. The third kappa shape index (κ3) is 6.35. The van der Waals surface area contributed by atoms with Crippen LogP contribution in [0.3, 0.4) is 0 Å². The summed E-state index contributed by atoms with van der Waals surface area (Å²) in [4.78, 5) is 26.3. The second-order valence-corrected chi connectivity index (χ2v) is 7.45. The maximum atomic E-state index is 12.2. The second kappa shape index (κ2) is 10.8. The van der Waals surface area contributed by atoms with Crippen molar-refractivity contribution < 1.29 is 14.3 Å². The van der Waals surface area contributed by atoms with Gasteiger partial charge < -0.3 is 20.3 Å². The zero-order valence-electron chi connectivity index (χ0n) is 16.4. The SMILES string of the molecule is COc1ccccc1C(CNC(=O)CCNC(=O)c1ccc(Br)cc1)N(C)C. The Morgan fingerprint density at radius 2 is 1.75 bits per heavy atom. The van der Waals surface area contributed by atoms with Gasteiger partial charge in [-0.05, 0) is 44.4 Å². The number of benzene rings is 2. The molecule has 0 fully saturated rings. The first-order valence-electron chi connectivity index (χ1n) is 9.02. The zero-order chi connectivity index (χ0) is 20.5. The summed E-state index contributed by atoms with van der Waals surface area (Å²) in [7, 11) is 5.56. The predicted octanol–water partition coefficient (Wildman–Crippen LogP) is 3.00. The van der Waals surface area contributed by atoms with E-state index < -0.39 is 0 Å². The van der Waals surface area contributed by atoms with Gasteiger partial charge in [-0.3, -0.25) is 9.59 Å². The Hall–Kier alpha value is -2.38. The van der Waals surface area contributed by atoms with E-state index in [9.17, 15) is 9.59 Å². The molecule has 28 heavy (non-hydrogen) atoms. The number of ether oxygens (including phenoxy) is 1. The molecule has 0 radical (unpaired) electrons. The van der Waals surface area contributed by atoms with Crippen molar-refractivity contribution >= 4 is 27.7 Å². The molecule has 0 saturated heterocycles. The van der Waals surface area contributed by atoms with E-state index in [2.05, 4.69) is 26.6 Å². The second-order valence-electron chi connectivity index (χ2n) is 6.54. The van der Waals surface area contributed by atoms with Crippen LogP contribution in [0.1, 0.15) is 28.4 Å². The smallest absolute Gasteiger partial charge is 0.251 e. The number of hydrogen-bond acceptors (Lipinski definition) is 4. The first kappa shape index (κ1) is 21.9. The van der Waals surface area contributed by atoms with Crippen LogP contribution in [-0.4, -0.2) is 51.0 Å². The molecule has 0 saturated carbocycles. The van der Waals surface area contributed by atoms with E-state index in [4.69, 9.17) is 4.74 Å². The van der Waals surface area contributed by atoms with Crippen LogP contribution in [-0.2, 0) is 4.79 Å². The number of rotatable bonds is 9. The molecular formula is C21H26BrN3O3. The van der Waals surface area contributed by atoms with E-state index in [1.54, 1.807) is 31.4 Å². The molecule has 0 heterocycles. The molecular weight excluding hydrogens is 422 g/mol. The fourth-order valence-electron chi connectivity index (χ4n) is 2.80. The zero-order valence-corrected chi connectivity index (χ0v) is 18.0. The van der Waals surface area contributed by atoms with E-state index in [1.807, 2.05) is 43.3 Å². The molecule has 2 amide bonds. The maximum absolute atomic E-state index is 12.2. The van der Waals surface area contributed by atoms with Gasteiger partial charge in [0.05, 0.1) is 13.2 Å². The monoisotopic (exact) mass is 447 g/mol. The van der Waals surface area contributed by atoms with Crippen molar-refractivity contribution in [3.8, 4) is 5.75 Å². The standard InChI is InChI=1S/C21H26BrN3O3/c1-25(2)18(17-6-4-5-7-19(17)28-3)14-24-20(26)12-13-23-21(27)15-8-10-16(22)11-9-15/h4-11,18H,12-14H2,1-3H3,(H,23,27)(H,24,26). The van der Waals surface area contributed by atoms with Gasteiger partial charge in [-0.1, -0.05) is 34.1 Å². The number of methoxy groups -OCH3 is 1. The van der Waals surface area contributed by atoms with Crippen LogP contribution in [0, 0.1) is 0 Å². The Morgan fingerprint density at radius 3 is 2.39 bits per heavy atom. The Morgan fingerprint density at radius 1 is 1.07 bits per heavy atom. The van der Waals surface area contributed by atoms with Gasteiger partial charge in [0.25, 0.3) is 5.91 Å². The summed E-state index contributed by atoms with van der Waals surface area (Å²) in [5.74, 6) is 0.482. The van der Waals surface area contributed by atoms with Crippen molar-refractivity contribution in [1.29, 1.82) is 0 Å². The summed E-state index contributed by atoms with van der Waals surface area (Å²) in [6.07, 6.45) is 0.217. The number of hydrogen-bond donors (Lipinski definition) is 2. The summed E-state index contributed by atoms with van der Waals surface area (Å²) >= 11 is 3.34. The molecule has 0 aliphatic heterocycles. The fourth-order valence-corrected chi connectivity index (χ4v) is 3.07. The third-order valence-electron chi connectivity index (χ3n) is 4.36. The largest absolute Gasteiger partial charge is 0.496 e. The molecule has 0 spiro atoms. The van der Waals surface area contributed by atoms with E-state index in [1.165, 1.54) is 0 Å². The van der Waals surface area contributed by atoms with Gasteiger partial charge in [0.2, 0.25) is 5.91 Å². The van der Waals surface area contributed by atoms with Crippen molar-refractivity contribution in [2.75, 3.05) is 34.3 Å². The molecule has 0 aromatic heterocycles. The van der Waals surface area contributed by atoms with Crippen molar-refractivity contribution in [3.63, 3.8) is 0 Å². The Kier molecular flexibility index (Phi) is 8.47. The van der Waals surface area contributed by atoms with Crippen molar-refractivity contribution in [3.05, 3.63) is 64.1 Å². The van der Waals surface area contributed by atoms with Crippen LogP contribution in [0.4, 0.5) is 0 Å². The van der Waals surface area contributed by atoms with Crippen LogP contribution in [0.2, 0.25) is 0 Å². The number of carbonyl (C=O) groups excluding carboxylic acids is 2. The van der Waals surface area contributed by atoms with Crippen molar-refractivity contribution in [2.24, 2.45) is 0 Å². The highest BCUT2D eigenvalue weighted by molar-refractivity contribution is 9.10. The molecule has 7 heteroatoms.